The highest BCUT2D eigenvalue weighted by Gasteiger charge is 2.05. The van der Waals surface area contributed by atoms with Gasteiger partial charge in [0.1, 0.15) is 12.1 Å². The summed E-state index contributed by atoms with van der Waals surface area (Å²) in [5, 5.41) is 14.5. The molecule has 7 heteroatoms. The number of hydrogen-bond donors (Lipinski definition) is 1. The van der Waals surface area contributed by atoms with Gasteiger partial charge in [-0.05, 0) is 63.1 Å². The van der Waals surface area contributed by atoms with E-state index in [4.69, 9.17) is 4.42 Å². The maximum absolute atomic E-state index is 5.46. The molecule has 0 atom stereocenters. The molecule has 3 aromatic rings. The van der Waals surface area contributed by atoms with Gasteiger partial charge in [-0.25, -0.2) is 4.68 Å². The lowest BCUT2D eigenvalue weighted by atomic mass is 10.2. The molecule has 3 rings (SSSR count). The van der Waals surface area contributed by atoms with E-state index in [0.29, 0.717) is 6.54 Å². The van der Waals surface area contributed by atoms with Crippen molar-refractivity contribution in [2.45, 2.75) is 13.5 Å². The highest BCUT2D eigenvalue weighted by atomic mass is 79.9. The number of nitrogens with zero attached hydrogens (tertiary/aromatic N) is 4. The third kappa shape index (κ3) is 2.72. The molecular weight excluding hydrogens is 322 g/mol. The van der Waals surface area contributed by atoms with Gasteiger partial charge in [-0.15, -0.1) is 5.10 Å². The fourth-order valence-electron chi connectivity index (χ4n) is 1.85. The number of anilines is 1. The predicted molar refractivity (Wildman–Crippen MR) is 77.6 cm³/mol. The first-order valence-electron chi connectivity index (χ1n) is 6.04. The van der Waals surface area contributed by atoms with Gasteiger partial charge in [0.2, 0.25) is 0 Å². The van der Waals surface area contributed by atoms with Crippen molar-refractivity contribution in [3.8, 4) is 5.69 Å². The maximum atomic E-state index is 5.46. The third-order valence-corrected chi connectivity index (χ3v) is 3.34. The molecule has 1 N–H and O–H groups in total. The van der Waals surface area contributed by atoms with Crippen molar-refractivity contribution in [2.75, 3.05) is 5.32 Å². The first kappa shape index (κ1) is 12.9. The van der Waals surface area contributed by atoms with E-state index in [-0.39, 0.29) is 0 Å². The van der Waals surface area contributed by atoms with Crippen molar-refractivity contribution in [1.29, 1.82) is 0 Å². The Labute approximate surface area is 123 Å². The zero-order valence-corrected chi connectivity index (χ0v) is 12.3. The number of nitrogens with one attached hydrogen (secondary N) is 1. The van der Waals surface area contributed by atoms with E-state index in [2.05, 4.69) is 36.8 Å². The first-order valence-corrected chi connectivity index (χ1v) is 6.84. The van der Waals surface area contributed by atoms with Crippen LogP contribution in [0.15, 0.2) is 45.7 Å². The molecule has 0 aliphatic carbocycles. The Balaban J connectivity index is 1.80. The average Bonchev–Trinajstić information content (AvgIpc) is 3.09. The average molecular weight is 334 g/mol. The number of rotatable bonds is 4. The van der Waals surface area contributed by atoms with Crippen molar-refractivity contribution in [2.24, 2.45) is 0 Å². The summed E-state index contributed by atoms with van der Waals surface area (Å²) in [4.78, 5) is 0. The van der Waals surface area contributed by atoms with E-state index in [9.17, 15) is 0 Å². The molecule has 0 bridgehead atoms. The van der Waals surface area contributed by atoms with Crippen LogP contribution in [0.4, 0.5) is 5.69 Å². The minimum atomic E-state index is 0.617. The summed E-state index contributed by atoms with van der Waals surface area (Å²) in [7, 11) is 0. The zero-order valence-electron chi connectivity index (χ0n) is 10.7. The number of halogens is 1. The highest BCUT2D eigenvalue weighted by Crippen LogP contribution is 2.21. The van der Waals surface area contributed by atoms with Gasteiger partial charge in [0.05, 0.1) is 12.2 Å². The normalized spacial score (nSPS) is 10.7. The molecule has 20 heavy (non-hydrogen) atoms. The molecule has 0 aliphatic rings. The Morgan fingerprint density at radius 3 is 2.90 bits per heavy atom. The van der Waals surface area contributed by atoms with Crippen molar-refractivity contribution in [1.82, 2.24) is 20.2 Å². The molecule has 0 unspecified atom stereocenters. The Bertz CT molecular complexity index is 707. The molecule has 2 heterocycles. The van der Waals surface area contributed by atoms with E-state index in [1.54, 1.807) is 11.0 Å². The van der Waals surface area contributed by atoms with Gasteiger partial charge in [-0.3, -0.25) is 0 Å². The first-order chi connectivity index (χ1) is 9.72. The van der Waals surface area contributed by atoms with Gasteiger partial charge < -0.3 is 9.73 Å². The summed E-state index contributed by atoms with van der Waals surface area (Å²) in [6.45, 7) is 2.66. The number of hydrogen-bond acceptors (Lipinski definition) is 5. The van der Waals surface area contributed by atoms with Crippen molar-refractivity contribution < 1.29 is 4.42 Å². The van der Waals surface area contributed by atoms with Gasteiger partial charge in [0.15, 0.2) is 4.67 Å². The molecule has 102 valence electrons. The molecule has 0 fully saturated rings. The summed E-state index contributed by atoms with van der Waals surface area (Å²) < 4.78 is 7.81. The topological polar surface area (TPSA) is 68.8 Å². The van der Waals surface area contributed by atoms with Gasteiger partial charge in [0.25, 0.3) is 0 Å². The molecule has 1 aromatic carbocycles. The van der Waals surface area contributed by atoms with Crippen LogP contribution < -0.4 is 5.32 Å². The van der Waals surface area contributed by atoms with Gasteiger partial charge in [-0.1, -0.05) is 6.07 Å². The Hall–Kier alpha value is -2.15. The lowest BCUT2D eigenvalue weighted by molar-refractivity contribution is 0.495. The minimum Gasteiger partial charge on any atom is -0.452 e. The highest BCUT2D eigenvalue weighted by molar-refractivity contribution is 9.10. The van der Waals surface area contributed by atoms with Crippen LogP contribution in [0, 0.1) is 6.92 Å². The van der Waals surface area contributed by atoms with Crippen LogP contribution in [0.25, 0.3) is 5.69 Å². The van der Waals surface area contributed by atoms with Gasteiger partial charge >= 0.3 is 0 Å². The largest absolute Gasteiger partial charge is 0.452 e. The number of aromatic nitrogens is 4. The number of furan rings is 1. The molecule has 0 saturated heterocycles. The van der Waals surface area contributed by atoms with E-state index in [1.807, 2.05) is 37.3 Å². The van der Waals surface area contributed by atoms with Crippen LogP contribution in [0.5, 0.6) is 0 Å². The number of benzene rings is 1. The van der Waals surface area contributed by atoms with E-state index < -0.39 is 0 Å². The second-order valence-electron chi connectivity index (χ2n) is 4.31. The summed E-state index contributed by atoms with van der Waals surface area (Å²) in [6, 6.07) is 9.81. The Morgan fingerprint density at radius 1 is 1.30 bits per heavy atom. The van der Waals surface area contributed by atoms with Crippen molar-refractivity contribution in [3.05, 3.63) is 52.7 Å². The summed E-state index contributed by atoms with van der Waals surface area (Å²) in [6.07, 6.45) is 1.57. The molecular formula is C13H12BrN5O. The van der Waals surface area contributed by atoms with Gasteiger partial charge in [0, 0.05) is 5.69 Å². The van der Waals surface area contributed by atoms with Crippen LogP contribution in [0.1, 0.15) is 11.3 Å². The number of tetrazole rings is 1. The van der Waals surface area contributed by atoms with Crippen LogP contribution in [-0.4, -0.2) is 20.2 Å². The minimum absolute atomic E-state index is 0.617. The molecule has 2 aromatic heterocycles. The molecule has 0 amide bonds. The second-order valence-corrected chi connectivity index (χ2v) is 5.09. The fourth-order valence-corrected chi connectivity index (χ4v) is 2.19. The standard InChI is InChI=1S/C13H12BrN5O/c1-9-2-3-10(19-8-16-17-18-19)6-12(9)15-7-11-4-5-13(14)20-11/h2-6,8,15H,7H2,1H3. The molecule has 0 saturated carbocycles. The monoisotopic (exact) mass is 333 g/mol. The summed E-state index contributed by atoms with van der Waals surface area (Å²) >= 11 is 3.29. The van der Waals surface area contributed by atoms with Gasteiger partial charge in [-0.2, -0.15) is 0 Å². The molecule has 0 radical (unpaired) electrons. The van der Waals surface area contributed by atoms with E-state index in [1.165, 1.54) is 0 Å². The van der Waals surface area contributed by atoms with Crippen LogP contribution in [-0.2, 0) is 6.54 Å². The van der Waals surface area contributed by atoms with E-state index in [0.717, 1.165) is 27.4 Å². The molecule has 0 spiro atoms. The summed E-state index contributed by atoms with van der Waals surface area (Å²) in [5.41, 5.74) is 3.07. The fraction of sp³-hybridized carbons (Fsp3) is 0.154. The Morgan fingerprint density at radius 2 is 2.20 bits per heavy atom. The quantitative estimate of drug-likeness (QED) is 0.794. The zero-order chi connectivity index (χ0) is 13.9. The SMILES string of the molecule is Cc1ccc(-n2cnnn2)cc1NCc1ccc(Br)o1. The summed E-state index contributed by atoms with van der Waals surface area (Å²) in [5.74, 6) is 0.865. The predicted octanol–water partition coefficient (Wildman–Crippen LogP) is 2.94. The Kier molecular flexibility index (Phi) is 3.51. The third-order valence-electron chi connectivity index (χ3n) is 2.92. The maximum Gasteiger partial charge on any atom is 0.169 e. The molecule has 0 aliphatic heterocycles. The van der Waals surface area contributed by atoms with Crippen molar-refractivity contribution >= 4 is 21.6 Å². The molecule has 6 nitrogen and oxygen atoms in total. The second kappa shape index (κ2) is 5.46. The lowest BCUT2D eigenvalue weighted by Gasteiger charge is -2.10. The number of aryl methyl sites for hydroxylation is 1. The van der Waals surface area contributed by atoms with Crippen LogP contribution >= 0.6 is 15.9 Å². The van der Waals surface area contributed by atoms with Crippen LogP contribution in [0.3, 0.4) is 0 Å². The lowest BCUT2D eigenvalue weighted by Crippen LogP contribution is -2.02. The van der Waals surface area contributed by atoms with E-state index >= 15 is 0 Å². The smallest absolute Gasteiger partial charge is 0.169 e. The van der Waals surface area contributed by atoms with Crippen LogP contribution in [0.2, 0.25) is 0 Å². The van der Waals surface area contributed by atoms with Crippen molar-refractivity contribution in [3.63, 3.8) is 0 Å².